The minimum Gasteiger partial charge on any atom is -0.313 e. The number of nitrogens with one attached hydrogen (secondary N) is 1. The molecule has 0 aliphatic carbocycles. The maximum absolute atomic E-state index is 12.4. The van der Waals surface area contributed by atoms with Crippen molar-refractivity contribution in [2.45, 2.75) is 59.7 Å². The van der Waals surface area contributed by atoms with Crippen LogP contribution in [0.15, 0.2) is 0 Å². The number of alkyl halides is 3. The van der Waals surface area contributed by atoms with E-state index in [4.69, 9.17) is 0 Å². The van der Waals surface area contributed by atoms with Gasteiger partial charge in [-0.1, -0.05) is 34.6 Å². The third-order valence-electron chi connectivity index (χ3n) is 3.27. The summed E-state index contributed by atoms with van der Waals surface area (Å²) < 4.78 is 37.2. The molecular weight excluding hydrogens is 253 g/mol. The summed E-state index contributed by atoms with van der Waals surface area (Å²) in [7, 11) is 0. The third kappa shape index (κ3) is 9.27. The first-order valence-electron chi connectivity index (χ1n) is 7.12. The van der Waals surface area contributed by atoms with Crippen molar-refractivity contribution < 1.29 is 13.2 Å². The second-order valence-electron chi connectivity index (χ2n) is 6.15. The molecule has 0 aromatic carbocycles. The van der Waals surface area contributed by atoms with Crippen LogP contribution >= 0.6 is 0 Å². The van der Waals surface area contributed by atoms with Gasteiger partial charge in [0.15, 0.2) is 0 Å². The Balaban J connectivity index is 4.35. The van der Waals surface area contributed by atoms with E-state index in [0.717, 1.165) is 19.4 Å². The highest BCUT2D eigenvalue weighted by Gasteiger charge is 2.31. The molecule has 19 heavy (non-hydrogen) atoms. The van der Waals surface area contributed by atoms with E-state index in [-0.39, 0.29) is 11.5 Å². The summed E-state index contributed by atoms with van der Waals surface area (Å²) in [5, 5.41) is 3.44. The van der Waals surface area contributed by atoms with Crippen molar-refractivity contribution >= 4 is 0 Å². The van der Waals surface area contributed by atoms with Crippen LogP contribution in [0, 0.1) is 5.41 Å². The molecule has 0 fully saturated rings. The van der Waals surface area contributed by atoms with Gasteiger partial charge in [0.05, 0.1) is 6.54 Å². The molecule has 0 saturated carbocycles. The van der Waals surface area contributed by atoms with Crippen molar-refractivity contribution in [1.82, 2.24) is 10.2 Å². The van der Waals surface area contributed by atoms with Crippen molar-refractivity contribution in [3.63, 3.8) is 0 Å². The van der Waals surface area contributed by atoms with Crippen LogP contribution in [0.5, 0.6) is 0 Å². The lowest BCUT2D eigenvalue weighted by molar-refractivity contribution is -0.145. The van der Waals surface area contributed by atoms with Gasteiger partial charge in [-0.15, -0.1) is 0 Å². The molecule has 1 unspecified atom stereocenters. The van der Waals surface area contributed by atoms with Crippen LogP contribution in [-0.4, -0.2) is 43.3 Å². The van der Waals surface area contributed by atoms with Crippen molar-refractivity contribution in [3.8, 4) is 0 Å². The first-order valence-corrected chi connectivity index (χ1v) is 7.12. The highest BCUT2D eigenvalue weighted by atomic mass is 19.4. The minimum atomic E-state index is -4.11. The van der Waals surface area contributed by atoms with E-state index >= 15 is 0 Å². The van der Waals surface area contributed by atoms with Gasteiger partial charge in [-0.3, -0.25) is 4.90 Å². The van der Waals surface area contributed by atoms with E-state index in [1.54, 1.807) is 6.92 Å². The largest absolute Gasteiger partial charge is 0.401 e. The zero-order chi connectivity index (χ0) is 15.1. The Labute approximate surface area is 115 Å². The van der Waals surface area contributed by atoms with Gasteiger partial charge in [-0.05, 0) is 37.9 Å². The fourth-order valence-electron chi connectivity index (χ4n) is 2.07. The topological polar surface area (TPSA) is 15.3 Å². The van der Waals surface area contributed by atoms with Gasteiger partial charge in [0.2, 0.25) is 0 Å². The molecule has 0 saturated heterocycles. The molecule has 0 heterocycles. The lowest BCUT2D eigenvalue weighted by atomic mass is 9.84. The van der Waals surface area contributed by atoms with Crippen LogP contribution < -0.4 is 5.32 Å². The monoisotopic (exact) mass is 282 g/mol. The number of nitrogens with zero attached hydrogens (tertiary/aromatic N) is 1. The van der Waals surface area contributed by atoms with Crippen LogP contribution in [-0.2, 0) is 0 Å². The lowest BCUT2D eigenvalue weighted by Gasteiger charge is -2.33. The maximum Gasteiger partial charge on any atom is 0.401 e. The van der Waals surface area contributed by atoms with E-state index in [2.05, 4.69) is 33.0 Å². The van der Waals surface area contributed by atoms with E-state index < -0.39 is 12.7 Å². The maximum atomic E-state index is 12.4. The summed E-state index contributed by atoms with van der Waals surface area (Å²) in [5.74, 6) is 0. The first kappa shape index (κ1) is 18.7. The van der Waals surface area contributed by atoms with Gasteiger partial charge in [-0.25, -0.2) is 0 Å². The van der Waals surface area contributed by atoms with E-state index in [0.29, 0.717) is 13.1 Å². The molecule has 0 bridgehead atoms. The van der Waals surface area contributed by atoms with Crippen molar-refractivity contribution in [3.05, 3.63) is 0 Å². The van der Waals surface area contributed by atoms with Crippen LogP contribution in [0.4, 0.5) is 13.2 Å². The molecule has 0 rings (SSSR count). The standard InChI is InChI=1S/C14H29F3N2/c1-6-9-18-12(13(3,4)5)8-10-19(7-2)11-14(15,16)17/h12,18H,6-11H2,1-5H3. The molecule has 0 amide bonds. The van der Waals surface area contributed by atoms with Crippen molar-refractivity contribution in [1.29, 1.82) is 0 Å². The zero-order valence-corrected chi connectivity index (χ0v) is 12.9. The molecule has 0 radical (unpaired) electrons. The number of hydrogen-bond acceptors (Lipinski definition) is 2. The molecule has 0 aliphatic rings. The zero-order valence-electron chi connectivity index (χ0n) is 12.9. The Bertz CT molecular complexity index is 234. The van der Waals surface area contributed by atoms with Gasteiger partial charge in [0, 0.05) is 6.04 Å². The smallest absolute Gasteiger partial charge is 0.313 e. The average molecular weight is 282 g/mol. The fraction of sp³-hybridized carbons (Fsp3) is 1.00. The first-order chi connectivity index (χ1) is 8.60. The fourth-order valence-corrected chi connectivity index (χ4v) is 2.07. The van der Waals surface area contributed by atoms with E-state index in [1.165, 1.54) is 4.90 Å². The summed E-state index contributed by atoms with van der Waals surface area (Å²) >= 11 is 0. The van der Waals surface area contributed by atoms with E-state index in [9.17, 15) is 13.2 Å². The predicted molar refractivity (Wildman–Crippen MR) is 74.3 cm³/mol. The molecule has 0 aromatic heterocycles. The summed E-state index contributed by atoms with van der Waals surface area (Å²) in [6.45, 7) is 11.3. The van der Waals surface area contributed by atoms with Crippen molar-refractivity contribution in [2.24, 2.45) is 5.41 Å². The summed E-state index contributed by atoms with van der Waals surface area (Å²) in [4.78, 5) is 1.46. The Morgan fingerprint density at radius 1 is 1.11 bits per heavy atom. The number of hydrogen-bond donors (Lipinski definition) is 1. The van der Waals surface area contributed by atoms with Crippen LogP contribution in [0.25, 0.3) is 0 Å². The second kappa shape index (κ2) is 8.10. The molecule has 116 valence electrons. The number of rotatable bonds is 8. The molecule has 1 N–H and O–H groups in total. The normalized spacial score (nSPS) is 15.0. The quantitative estimate of drug-likeness (QED) is 0.730. The summed E-state index contributed by atoms with van der Waals surface area (Å²) in [5.41, 5.74) is 0.0623. The average Bonchev–Trinajstić information content (AvgIpc) is 2.23. The molecule has 0 aliphatic heterocycles. The van der Waals surface area contributed by atoms with Gasteiger partial charge in [0.1, 0.15) is 0 Å². The Morgan fingerprint density at radius 2 is 1.68 bits per heavy atom. The third-order valence-corrected chi connectivity index (χ3v) is 3.27. The SMILES string of the molecule is CCCNC(CCN(CC)CC(F)(F)F)C(C)(C)C. The molecule has 0 spiro atoms. The van der Waals surface area contributed by atoms with Gasteiger partial charge >= 0.3 is 6.18 Å². The van der Waals surface area contributed by atoms with Gasteiger partial charge in [0.25, 0.3) is 0 Å². The molecule has 1 atom stereocenters. The summed E-state index contributed by atoms with van der Waals surface area (Å²) in [6.07, 6.45) is -2.33. The van der Waals surface area contributed by atoms with Gasteiger partial charge < -0.3 is 5.32 Å². The lowest BCUT2D eigenvalue weighted by Crippen LogP contribution is -2.44. The molecule has 2 nitrogen and oxygen atoms in total. The van der Waals surface area contributed by atoms with Crippen molar-refractivity contribution in [2.75, 3.05) is 26.2 Å². The molecule has 5 heteroatoms. The highest BCUT2D eigenvalue weighted by Crippen LogP contribution is 2.23. The number of halogens is 3. The minimum absolute atomic E-state index is 0.0623. The Hall–Kier alpha value is -0.290. The summed E-state index contributed by atoms with van der Waals surface area (Å²) in [6, 6.07) is 0.245. The second-order valence-corrected chi connectivity index (χ2v) is 6.15. The van der Waals surface area contributed by atoms with E-state index in [1.807, 2.05) is 0 Å². The Morgan fingerprint density at radius 3 is 2.05 bits per heavy atom. The van der Waals surface area contributed by atoms with Crippen LogP contribution in [0.2, 0.25) is 0 Å². The van der Waals surface area contributed by atoms with Crippen LogP contribution in [0.1, 0.15) is 47.5 Å². The predicted octanol–water partition coefficient (Wildman–Crippen LogP) is 3.68. The highest BCUT2D eigenvalue weighted by molar-refractivity contribution is 4.81. The Kier molecular flexibility index (Phi) is 7.98. The molecular formula is C14H29F3N2. The van der Waals surface area contributed by atoms with Crippen LogP contribution in [0.3, 0.4) is 0 Å². The molecule has 0 aromatic rings. The van der Waals surface area contributed by atoms with Gasteiger partial charge in [-0.2, -0.15) is 13.2 Å².